The molecule has 0 aliphatic rings. The van der Waals surface area contributed by atoms with Crippen LogP contribution in [0.3, 0.4) is 0 Å². The average Bonchev–Trinajstić information content (AvgIpc) is 2.42. The molecule has 1 aromatic rings. The highest BCUT2D eigenvalue weighted by molar-refractivity contribution is 5.89. The van der Waals surface area contributed by atoms with Crippen LogP contribution in [-0.4, -0.2) is 23.8 Å². The van der Waals surface area contributed by atoms with Crippen LogP contribution in [0, 0.1) is 29.9 Å². The van der Waals surface area contributed by atoms with Crippen molar-refractivity contribution in [3.8, 4) is 12.3 Å². The lowest BCUT2D eigenvalue weighted by Gasteiger charge is -2.21. The van der Waals surface area contributed by atoms with Gasteiger partial charge < -0.3 is 15.7 Å². The van der Waals surface area contributed by atoms with E-state index >= 15 is 0 Å². The molecule has 1 atom stereocenters. The zero-order valence-electron chi connectivity index (χ0n) is 11.9. The highest BCUT2D eigenvalue weighted by atomic mass is 19.1. The molecule has 3 N–H and O–H groups in total. The molecular formula is C15H18F2N2O2. The van der Waals surface area contributed by atoms with Gasteiger partial charge in [0.25, 0.3) is 0 Å². The fourth-order valence-electron chi connectivity index (χ4n) is 1.81. The largest absolute Gasteiger partial charge is 0.396 e. The number of halogens is 2. The number of aliphatic hydroxyl groups is 1. The van der Waals surface area contributed by atoms with E-state index < -0.39 is 23.4 Å². The van der Waals surface area contributed by atoms with Gasteiger partial charge in [0.2, 0.25) is 0 Å². The van der Waals surface area contributed by atoms with Crippen molar-refractivity contribution in [2.75, 3.05) is 11.9 Å². The molecule has 0 saturated heterocycles. The molecule has 21 heavy (non-hydrogen) atoms. The zero-order chi connectivity index (χ0) is 16.0. The van der Waals surface area contributed by atoms with Crippen molar-refractivity contribution in [2.45, 2.75) is 26.3 Å². The van der Waals surface area contributed by atoms with Crippen LogP contribution in [0.4, 0.5) is 19.3 Å². The van der Waals surface area contributed by atoms with Crippen LogP contribution in [0.2, 0.25) is 0 Å². The topological polar surface area (TPSA) is 61.4 Å². The summed E-state index contributed by atoms with van der Waals surface area (Å²) in [4.78, 5) is 11.8. The number of carbonyl (C=O) groups is 1. The van der Waals surface area contributed by atoms with Crippen molar-refractivity contribution in [1.82, 2.24) is 5.32 Å². The maximum absolute atomic E-state index is 13.7. The van der Waals surface area contributed by atoms with Gasteiger partial charge in [-0.05, 0) is 24.5 Å². The standard InChI is InChI=1S/C15H18F2N2O2/c1-4-10-7-11(16)14(12(17)8-10)19-15(21)18-13(5-6-20)9(2)3/h1,7-9,13,20H,5-6H2,2-3H3,(H2,18,19,21). The summed E-state index contributed by atoms with van der Waals surface area (Å²) in [5, 5.41) is 13.6. The van der Waals surface area contributed by atoms with Crippen LogP contribution >= 0.6 is 0 Å². The molecular weight excluding hydrogens is 278 g/mol. The molecule has 0 aliphatic carbocycles. The van der Waals surface area contributed by atoms with Gasteiger partial charge in [-0.3, -0.25) is 0 Å². The molecule has 0 saturated carbocycles. The van der Waals surface area contributed by atoms with Crippen LogP contribution in [0.1, 0.15) is 25.8 Å². The Labute approximate surface area is 122 Å². The van der Waals surface area contributed by atoms with Gasteiger partial charge in [-0.2, -0.15) is 0 Å². The Hall–Kier alpha value is -2.13. The molecule has 2 amide bonds. The van der Waals surface area contributed by atoms with E-state index in [2.05, 4.69) is 16.6 Å². The third-order valence-electron chi connectivity index (χ3n) is 3.01. The SMILES string of the molecule is C#Cc1cc(F)c(NC(=O)NC(CCO)C(C)C)c(F)c1. The number of hydrogen-bond acceptors (Lipinski definition) is 2. The van der Waals surface area contributed by atoms with Crippen LogP contribution in [0.15, 0.2) is 12.1 Å². The number of terminal acetylenes is 1. The van der Waals surface area contributed by atoms with Crippen LogP contribution in [-0.2, 0) is 0 Å². The van der Waals surface area contributed by atoms with E-state index in [9.17, 15) is 13.6 Å². The first-order valence-corrected chi connectivity index (χ1v) is 6.53. The second kappa shape index (κ2) is 7.60. The normalized spacial score (nSPS) is 11.9. The van der Waals surface area contributed by atoms with Gasteiger partial charge in [0, 0.05) is 18.2 Å². The minimum Gasteiger partial charge on any atom is -0.396 e. The van der Waals surface area contributed by atoms with Crippen molar-refractivity contribution in [1.29, 1.82) is 0 Å². The van der Waals surface area contributed by atoms with Gasteiger partial charge in [-0.15, -0.1) is 6.42 Å². The Bertz CT molecular complexity index is 530. The highest BCUT2D eigenvalue weighted by Crippen LogP contribution is 2.20. The number of amides is 2. The quantitative estimate of drug-likeness (QED) is 0.731. The Morgan fingerprint density at radius 1 is 1.38 bits per heavy atom. The van der Waals surface area contributed by atoms with Gasteiger partial charge in [-0.1, -0.05) is 19.8 Å². The molecule has 6 heteroatoms. The zero-order valence-corrected chi connectivity index (χ0v) is 11.9. The van der Waals surface area contributed by atoms with Gasteiger partial charge >= 0.3 is 6.03 Å². The van der Waals surface area contributed by atoms with E-state index in [1.807, 2.05) is 13.8 Å². The molecule has 0 heterocycles. The number of urea groups is 1. The van der Waals surface area contributed by atoms with Crippen molar-refractivity contribution in [3.63, 3.8) is 0 Å². The second-order valence-corrected chi connectivity index (χ2v) is 4.92. The highest BCUT2D eigenvalue weighted by Gasteiger charge is 2.18. The number of rotatable bonds is 5. The smallest absolute Gasteiger partial charge is 0.319 e. The molecule has 1 aromatic carbocycles. The number of hydrogen-bond donors (Lipinski definition) is 3. The van der Waals surface area contributed by atoms with Gasteiger partial charge in [-0.25, -0.2) is 13.6 Å². The van der Waals surface area contributed by atoms with E-state index in [4.69, 9.17) is 11.5 Å². The van der Waals surface area contributed by atoms with Crippen molar-refractivity contribution < 1.29 is 18.7 Å². The van der Waals surface area contributed by atoms with E-state index in [0.29, 0.717) is 6.42 Å². The van der Waals surface area contributed by atoms with E-state index in [1.165, 1.54) is 0 Å². The fraction of sp³-hybridized carbons (Fsp3) is 0.400. The predicted octanol–water partition coefficient (Wildman–Crippen LogP) is 2.47. The molecule has 1 unspecified atom stereocenters. The van der Waals surface area contributed by atoms with Crippen molar-refractivity contribution in [2.24, 2.45) is 5.92 Å². The summed E-state index contributed by atoms with van der Waals surface area (Å²) in [6.45, 7) is 3.63. The third-order valence-corrected chi connectivity index (χ3v) is 3.01. The van der Waals surface area contributed by atoms with E-state index in [-0.39, 0.29) is 24.1 Å². The van der Waals surface area contributed by atoms with Crippen LogP contribution < -0.4 is 10.6 Å². The Kier molecular flexibility index (Phi) is 6.12. The molecule has 0 aromatic heterocycles. The molecule has 1 rings (SSSR count). The number of nitrogens with one attached hydrogen (secondary N) is 2. The first kappa shape index (κ1) is 16.9. The summed E-state index contributed by atoms with van der Waals surface area (Å²) in [5.41, 5.74) is -0.505. The molecule has 0 bridgehead atoms. The maximum Gasteiger partial charge on any atom is 0.319 e. The summed E-state index contributed by atoms with van der Waals surface area (Å²) in [5.74, 6) is 0.301. The Balaban J connectivity index is 2.82. The lowest BCUT2D eigenvalue weighted by Crippen LogP contribution is -2.41. The molecule has 0 radical (unpaired) electrons. The monoisotopic (exact) mass is 296 g/mol. The number of aliphatic hydroxyl groups excluding tert-OH is 1. The third kappa shape index (κ3) is 4.72. The first-order chi connectivity index (χ1) is 9.88. The van der Waals surface area contributed by atoms with E-state index in [0.717, 1.165) is 12.1 Å². The summed E-state index contributed by atoms with van der Waals surface area (Å²) in [6.07, 6.45) is 5.42. The van der Waals surface area contributed by atoms with Crippen molar-refractivity contribution in [3.05, 3.63) is 29.3 Å². The molecule has 0 aliphatic heterocycles. The summed E-state index contributed by atoms with van der Waals surface area (Å²) >= 11 is 0. The number of carbonyl (C=O) groups excluding carboxylic acids is 1. The predicted molar refractivity (Wildman–Crippen MR) is 76.8 cm³/mol. The summed E-state index contributed by atoms with van der Waals surface area (Å²) in [6, 6.07) is 0.887. The number of benzene rings is 1. The summed E-state index contributed by atoms with van der Waals surface area (Å²) < 4.78 is 27.4. The first-order valence-electron chi connectivity index (χ1n) is 6.53. The lowest BCUT2D eigenvalue weighted by molar-refractivity contribution is 0.227. The van der Waals surface area contributed by atoms with Crippen molar-refractivity contribution >= 4 is 11.7 Å². The summed E-state index contributed by atoms with van der Waals surface area (Å²) in [7, 11) is 0. The second-order valence-electron chi connectivity index (χ2n) is 4.92. The molecule has 0 fully saturated rings. The maximum atomic E-state index is 13.7. The average molecular weight is 296 g/mol. The molecule has 114 valence electrons. The molecule has 0 spiro atoms. The van der Waals surface area contributed by atoms with Gasteiger partial charge in [0.15, 0.2) is 11.6 Å². The fourth-order valence-corrected chi connectivity index (χ4v) is 1.81. The van der Waals surface area contributed by atoms with E-state index in [1.54, 1.807) is 0 Å². The number of anilines is 1. The van der Waals surface area contributed by atoms with Crippen LogP contribution in [0.5, 0.6) is 0 Å². The molecule has 4 nitrogen and oxygen atoms in total. The lowest BCUT2D eigenvalue weighted by atomic mass is 10.0. The Morgan fingerprint density at radius 2 is 1.95 bits per heavy atom. The van der Waals surface area contributed by atoms with Gasteiger partial charge in [0.1, 0.15) is 5.69 Å². The Morgan fingerprint density at radius 3 is 2.38 bits per heavy atom. The van der Waals surface area contributed by atoms with Crippen LogP contribution in [0.25, 0.3) is 0 Å². The van der Waals surface area contributed by atoms with Gasteiger partial charge in [0.05, 0.1) is 0 Å². The minimum absolute atomic E-state index is 0.0521. The minimum atomic E-state index is -0.943.